The number of fused-ring (bicyclic) bond motifs is 1. The number of aliphatic imine (C=N–C) groups is 2. The topological polar surface area (TPSA) is 83.3 Å². The van der Waals surface area contributed by atoms with Crippen molar-refractivity contribution in [2.75, 3.05) is 13.2 Å². The smallest absolute Gasteiger partial charge is 0.332 e. The number of benzene rings is 1. The molecule has 0 aromatic heterocycles. The molecule has 0 saturated carbocycles. The van der Waals surface area contributed by atoms with Gasteiger partial charge in [-0.1, -0.05) is 44.7 Å². The van der Waals surface area contributed by atoms with E-state index in [0.717, 1.165) is 17.7 Å². The van der Waals surface area contributed by atoms with Gasteiger partial charge in [-0.15, -0.1) is 0 Å². The van der Waals surface area contributed by atoms with Crippen LogP contribution in [0.5, 0.6) is 0 Å². The van der Waals surface area contributed by atoms with Gasteiger partial charge >= 0.3 is 5.97 Å². The summed E-state index contributed by atoms with van der Waals surface area (Å²) in [6, 6.07) is 8.35. The van der Waals surface area contributed by atoms with E-state index in [0.29, 0.717) is 18.5 Å². The first-order valence-corrected chi connectivity index (χ1v) is 8.49. The van der Waals surface area contributed by atoms with Gasteiger partial charge < -0.3 is 15.2 Å². The van der Waals surface area contributed by atoms with Crippen molar-refractivity contribution in [1.82, 2.24) is 5.32 Å². The van der Waals surface area contributed by atoms with E-state index in [1.54, 1.807) is 0 Å². The van der Waals surface area contributed by atoms with Crippen LogP contribution in [0.25, 0.3) is 0 Å². The summed E-state index contributed by atoms with van der Waals surface area (Å²) in [5.41, 5.74) is 3.20. The number of hydrogen-bond acceptors (Lipinski definition) is 5. The van der Waals surface area contributed by atoms with Gasteiger partial charge in [0, 0.05) is 18.7 Å². The second-order valence-electron chi connectivity index (χ2n) is 6.64. The molecule has 6 nitrogen and oxygen atoms in total. The Morgan fingerprint density at radius 2 is 2.12 bits per heavy atom. The van der Waals surface area contributed by atoms with Gasteiger partial charge in [-0.3, -0.25) is 0 Å². The second kappa shape index (κ2) is 7.19. The predicted molar refractivity (Wildman–Crippen MR) is 97.4 cm³/mol. The molecule has 0 amide bonds. The maximum absolute atomic E-state index is 10.9. The Bertz CT molecular complexity index is 735. The Labute approximate surface area is 147 Å². The van der Waals surface area contributed by atoms with Crippen molar-refractivity contribution in [2.24, 2.45) is 9.98 Å². The minimum absolute atomic E-state index is 0.0119. The van der Waals surface area contributed by atoms with Crippen molar-refractivity contribution in [3.63, 3.8) is 0 Å². The monoisotopic (exact) mass is 341 g/mol. The highest BCUT2D eigenvalue weighted by Crippen LogP contribution is 2.26. The van der Waals surface area contributed by atoms with Crippen molar-refractivity contribution in [2.45, 2.75) is 38.3 Å². The first-order chi connectivity index (χ1) is 12.0. The second-order valence-corrected chi connectivity index (χ2v) is 6.64. The van der Waals surface area contributed by atoms with Gasteiger partial charge in [0.2, 0.25) is 5.96 Å². The maximum atomic E-state index is 10.9. The largest absolute Gasteiger partial charge is 0.478 e. The normalized spacial score (nSPS) is 22.2. The molecule has 1 saturated heterocycles. The van der Waals surface area contributed by atoms with E-state index in [9.17, 15) is 4.79 Å². The van der Waals surface area contributed by atoms with Gasteiger partial charge in [-0.05, 0) is 23.5 Å². The van der Waals surface area contributed by atoms with Crippen LogP contribution < -0.4 is 5.32 Å². The first kappa shape index (κ1) is 17.4. The lowest BCUT2D eigenvalue weighted by molar-refractivity contribution is -0.132. The summed E-state index contributed by atoms with van der Waals surface area (Å²) in [5.74, 6) is -0.116. The van der Waals surface area contributed by atoms with Gasteiger partial charge in [-0.2, -0.15) is 0 Å². The molecule has 0 bridgehead atoms. The molecule has 1 aromatic rings. The van der Waals surface area contributed by atoms with E-state index >= 15 is 0 Å². The third-order valence-electron chi connectivity index (χ3n) is 4.48. The van der Waals surface area contributed by atoms with E-state index in [1.807, 2.05) is 0 Å². The predicted octanol–water partition coefficient (Wildman–Crippen LogP) is 2.36. The average molecular weight is 341 g/mol. The van der Waals surface area contributed by atoms with E-state index in [2.05, 4.69) is 60.0 Å². The zero-order valence-corrected chi connectivity index (χ0v) is 14.5. The quantitative estimate of drug-likeness (QED) is 0.805. The highest BCUT2D eigenvalue weighted by atomic mass is 16.5. The number of aliphatic carboxylic acids is 1. The fourth-order valence-corrected chi connectivity index (χ4v) is 2.95. The molecule has 1 aromatic carbocycles. The number of carbonyl (C=O) groups is 1. The fourth-order valence-electron chi connectivity index (χ4n) is 2.95. The van der Waals surface area contributed by atoms with Gasteiger partial charge in [0.05, 0.1) is 11.8 Å². The number of nitrogens with one attached hydrogen (secondary N) is 1. The molecule has 2 aliphatic rings. The Kier molecular flexibility index (Phi) is 4.99. The van der Waals surface area contributed by atoms with E-state index < -0.39 is 5.97 Å². The molecule has 0 spiro atoms. The van der Waals surface area contributed by atoms with Crippen LogP contribution in [-0.4, -0.2) is 48.0 Å². The third kappa shape index (κ3) is 3.79. The van der Waals surface area contributed by atoms with Gasteiger partial charge in [-0.25, -0.2) is 14.8 Å². The summed E-state index contributed by atoms with van der Waals surface area (Å²) in [6.45, 7) is 8.59. The summed E-state index contributed by atoms with van der Waals surface area (Å²) >= 11 is 0. The molecule has 2 unspecified atom stereocenters. The number of guanidine groups is 1. The molecule has 2 N–H and O–H groups in total. The Hall–Kier alpha value is -2.47. The molecular formula is C19H23N3O3. The molecule has 2 heterocycles. The van der Waals surface area contributed by atoms with E-state index in [4.69, 9.17) is 9.84 Å². The van der Waals surface area contributed by atoms with Gasteiger partial charge in [0.25, 0.3) is 0 Å². The summed E-state index contributed by atoms with van der Waals surface area (Å²) < 4.78 is 5.84. The van der Waals surface area contributed by atoms with Crippen LogP contribution in [0.1, 0.15) is 37.3 Å². The molecule has 2 atom stereocenters. The van der Waals surface area contributed by atoms with Crippen LogP contribution >= 0.6 is 0 Å². The van der Waals surface area contributed by atoms with Crippen LogP contribution in [-0.2, 0) is 9.53 Å². The Morgan fingerprint density at radius 1 is 1.40 bits per heavy atom. The molecule has 3 rings (SSSR count). The number of nitrogens with zero attached hydrogens (tertiary/aromatic N) is 2. The van der Waals surface area contributed by atoms with Crippen molar-refractivity contribution >= 4 is 17.6 Å². The first-order valence-electron chi connectivity index (χ1n) is 8.49. The standard InChI is InChI=1S/C19H23N3O3/c1-11(2)13-4-6-14(7-5-13)16-17-15(8-9-25-17)21-19(22-16)20-10-12(3)18(23)24/h4-7,11,15,17H,3,8-10H2,1-2H3,(H,20,21)(H,23,24). The SMILES string of the molecule is C=C(CNC1=NC2CCOC2C(c2ccc(C(C)C)cc2)=N1)C(=O)O. The molecule has 6 heteroatoms. The molecular weight excluding hydrogens is 318 g/mol. The minimum Gasteiger partial charge on any atom is -0.478 e. The highest BCUT2D eigenvalue weighted by molar-refractivity contribution is 6.11. The zero-order valence-electron chi connectivity index (χ0n) is 14.5. The molecule has 1 fully saturated rings. The number of hydrogen-bond donors (Lipinski definition) is 2. The van der Waals surface area contributed by atoms with Crippen molar-refractivity contribution < 1.29 is 14.6 Å². The lowest BCUT2D eigenvalue weighted by Gasteiger charge is -2.24. The summed E-state index contributed by atoms with van der Waals surface area (Å²) in [4.78, 5) is 20.0. The lowest BCUT2D eigenvalue weighted by Crippen LogP contribution is -2.39. The fraction of sp³-hybridized carbons (Fsp3) is 0.421. The average Bonchev–Trinajstić information content (AvgIpc) is 3.07. The van der Waals surface area contributed by atoms with Crippen LogP contribution in [0.2, 0.25) is 0 Å². The van der Waals surface area contributed by atoms with Crippen LogP contribution in [0.4, 0.5) is 0 Å². The van der Waals surface area contributed by atoms with Crippen molar-refractivity contribution in [3.8, 4) is 0 Å². The summed E-state index contributed by atoms with van der Waals surface area (Å²) in [7, 11) is 0. The van der Waals surface area contributed by atoms with Crippen LogP contribution in [0.15, 0.2) is 46.4 Å². The van der Waals surface area contributed by atoms with Crippen LogP contribution in [0, 0.1) is 0 Å². The number of rotatable bonds is 5. The lowest BCUT2D eigenvalue weighted by atomic mass is 9.95. The zero-order chi connectivity index (χ0) is 18.0. The molecule has 132 valence electrons. The van der Waals surface area contributed by atoms with Crippen molar-refractivity contribution in [1.29, 1.82) is 0 Å². The molecule has 0 aliphatic carbocycles. The van der Waals surface area contributed by atoms with E-state index in [1.165, 1.54) is 5.56 Å². The Balaban J connectivity index is 1.83. The van der Waals surface area contributed by atoms with Gasteiger partial charge in [0.1, 0.15) is 6.10 Å². The third-order valence-corrected chi connectivity index (χ3v) is 4.48. The number of ether oxygens (including phenoxy) is 1. The number of carboxylic acid groups (broad SMARTS) is 1. The molecule has 2 aliphatic heterocycles. The van der Waals surface area contributed by atoms with E-state index in [-0.39, 0.29) is 24.3 Å². The summed E-state index contributed by atoms with van der Waals surface area (Å²) in [5, 5.41) is 11.9. The molecule has 0 radical (unpaired) electrons. The molecule has 25 heavy (non-hydrogen) atoms. The van der Waals surface area contributed by atoms with Crippen molar-refractivity contribution in [3.05, 3.63) is 47.5 Å². The minimum atomic E-state index is -1.03. The highest BCUT2D eigenvalue weighted by Gasteiger charge is 2.36. The summed E-state index contributed by atoms with van der Waals surface area (Å²) in [6.07, 6.45) is 0.692. The van der Waals surface area contributed by atoms with Crippen LogP contribution in [0.3, 0.4) is 0 Å². The van der Waals surface area contributed by atoms with Gasteiger partial charge in [0.15, 0.2) is 0 Å². The number of carboxylic acids is 1. The maximum Gasteiger partial charge on any atom is 0.332 e. The Morgan fingerprint density at radius 3 is 2.76 bits per heavy atom.